The Labute approximate surface area is 98.5 Å². The normalized spacial score (nSPS) is 10.1. The van der Waals surface area contributed by atoms with Gasteiger partial charge in [-0.25, -0.2) is 0 Å². The highest BCUT2D eigenvalue weighted by Gasteiger charge is 2.04. The molecule has 0 N–H and O–H groups in total. The highest BCUT2D eigenvalue weighted by atomic mass is 32.1. The van der Waals surface area contributed by atoms with Gasteiger partial charge < -0.3 is 4.74 Å². The predicted octanol–water partition coefficient (Wildman–Crippen LogP) is 3.45. The number of thiophene rings is 1. The van der Waals surface area contributed by atoms with Crippen LogP contribution in [0.15, 0.2) is 35.7 Å². The molecule has 0 saturated carbocycles. The van der Waals surface area contributed by atoms with E-state index in [9.17, 15) is 4.79 Å². The van der Waals surface area contributed by atoms with Crippen molar-refractivity contribution in [3.8, 4) is 5.75 Å². The number of hydrogen-bond acceptors (Lipinski definition) is 3. The summed E-state index contributed by atoms with van der Waals surface area (Å²) in [5.74, 6) is 0.668. The van der Waals surface area contributed by atoms with E-state index in [0.717, 1.165) is 11.8 Å². The molecule has 0 amide bonds. The molecular formula is C13H12O2S. The Kier molecular flexibility index (Phi) is 3.37. The fraction of sp³-hybridized carbons (Fsp3) is 0.154. The average Bonchev–Trinajstić information content (AvgIpc) is 2.74. The van der Waals surface area contributed by atoms with Gasteiger partial charge in [-0.2, -0.15) is 0 Å². The monoisotopic (exact) mass is 232 g/mol. The molecule has 0 fully saturated rings. The number of benzene rings is 1. The molecule has 1 aromatic heterocycles. The van der Waals surface area contributed by atoms with Gasteiger partial charge in [0, 0.05) is 0 Å². The minimum atomic E-state index is 0.499. The minimum absolute atomic E-state index is 0.499. The lowest BCUT2D eigenvalue weighted by atomic mass is 10.1. The topological polar surface area (TPSA) is 26.3 Å². The molecular weight excluding hydrogens is 220 g/mol. The van der Waals surface area contributed by atoms with E-state index in [2.05, 4.69) is 6.07 Å². The minimum Gasteiger partial charge on any atom is -0.487 e. The molecule has 1 aromatic carbocycles. The van der Waals surface area contributed by atoms with Crippen molar-refractivity contribution in [1.29, 1.82) is 0 Å². The number of carbonyl (C=O) groups is 1. The lowest BCUT2D eigenvalue weighted by Gasteiger charge is -2.05. The Morgan fingerprint density at radius 1 is 1.38 bits per heavy atom. The smallest absolute Gasteiger partial charge is 0.163 e. The largest absolute Gasteiger partial charge is 0.487 e. The summed E-state index contributed by atoms with van der Waals surface area (Å²) in [6.07, 6.45) is 0.830. The molecule has 2 aromatic rings. The molecule has 0 aliphatic rings. The van der Waals surface area contributed by atoms with Crippen LogP contribution in [0.5, 0.6) is 5.75 Å². The molecule has 82 valence electrons. The predicted molar refractivity (Wildman–Crippen MR) is 65.2 cm³/mol. The van der Waals surface area contributed by atoms with E-state index < -0.39 is 0 Å². The molecule has 0 radical (unpaired) electrons. The molecule has 0 spiro atoms. The van der Waals surface area contributed by atoms with E-state index in [1.165, 1.54) is 16.9 Å². The number of carbonyl (C=O) groups excluding carboxylic acids is 1. The second kappa shape index (κ2) is 4.94. The van der Waals surface area contributed by atoms with Gasteiger partial charge in [0.2, 0.25) is 0 Å². The van der Waals surface area contributed by atoms with Gasteiger partial charge in [0.05, 0.1) is 0 Å². The molecule has 1 heterocycles. The van der Waals surface area contributed by atoms with Crippen molar-refractivity contribution in [2.24, 2.45) is 0 Å². The zero-order valence-electron chi connectivity index (χ0n) is 8.97. The highest BCUT2D eigenvalue weighted by Crippen LogP contribution is 2.23. The Hall–Kier alpha value is -1.61. The Bertz CT molecular complexity index is 488. The fourth-order valence-electron chi connectivity index (χ4n) is 1.48. The lowest BCUT2D eigenvalue weighted by molar-refractivity contribution is 0.112. The summed E-state index contributed by atoms with van der Waals surface area (Å²) in [5.41, 5.74) is 2.32. The number of hydrogen-bond donors (Lipinski definition) is 0. The molecule has 2 nitrogen and oxygen atoms in total. The van der Waals surface area contributed by atoms with Crippen molar-refractivity contribution in [1.82, 2.24) is 0 Å². The Morgan fingerprint density at radius 3 is 3.00 bits per heavy atom. The summed E-state index contributed by atoms with van der Waals surface area (Å²) in [6.45, 7) is 2.55. The second-order valence-electron chi connectivity index (χ2n) is 3.54. The van der Waals surface area contributed by atoms with Crippen LogP contribution in [0, 0.1) is 6.92 Å². The van der Waals surface area contributed by atoms with Crippen molar-refractivity contribution in [3.05, 3.63) is 51.7 Å². The highest BCUT2D eigenvalue weighted by molar-refractivity contribution is 7.12. The second-order valence-corrected chi connectivity index (χ2v) is 4.49. The van der Waals surface area contributed by atoms with Crippen LogP contribution in [0.25, 0.3) is 0 Å². The van der Waals surface area contributed by atoms with Gasteiger partial charge in [-0.05, 0) is 23.9 Å². The lowest BCUT2D eigenvalue weighted by Crippen LogP contribution is -1.96. The van der Waals surface area contributed by atoms with E-state index in [1.54, 1.807) is 0 Å². The molecule has 0 aliphatic heterocycles. The Morgan fingerprint density at radius 2 is 2.25 bits per heavy atom. The van der Waals surface area contributed by atoms with Crippen LogP contribution in [0.1, 0.15) is 20.8 Å². The van der Waals surface area contributed by atoms with Gasteiger partial charge in [0.15, 0.2) is 6.29 Å². The third-order valence-electron chi connectivity index (χ3n) is 2.24. The van der Waals surface area contributed by atoms with E-state index in [-0.39, 0.29) is 0 Å². The van der Waals surface area contributed by atoms with Crippen LogP contribution in [-0.2, 0) is 6.61 Å². The maximum atomic E-state index is 10.7. The van der Waals surface area contributed by atoms with Crippen LogP contribution in [0.3, 0.4) is 0 Å². The van der Waals surface area contributed by atoms with Crippen LogP contribution >= 0.6 is 11.3 Å². The molecule has 2 rings (SSSR count). The summed E-state index contributed by atoms with van der Waals surface area (Å²) in [7, 11) is 0. The van der Waals surface area contributed by atoms with Crippen molar-refractivity contribution < 1.29 is 9.53 Å². The third-order valence-corrected chi connectivity index (χ3v) is 3.06. The van der Waals surface area contributed by atoms with Gasteiger partial charge >= 0.3 is 0 Å². The number of ether oxygens (including phenoxy) is 1. The molecule has 16 heavy (non-hydrogen) atoms. The summed E-state index contributed by atoms with van der Waals surface area (Å²) >= 11 is 1.39. The maximum Gasteiger partial charge on any atom is 0.163 e. The first kappa shape index (κ1) is 10.9. The molecule has 0 atom stereocenters. The standard InChI is InChI=1S/C13H12O2S/c1-10-3-2-4-11(7-10)9-15-12-5-6-16-13(12)8-14/h2-8H,9H2,1H3. The fourth-order valence-corrected chi connectivity index (χ4v) is 2.11. The van der Waals surface area contributed by atoms with Gasteiger partial charge in [0.1, 0.15) is 17.2 Å². The van der Waals surface area contributed by atoms with E-state index in [0.29, 0.717) is 17.2 Å². The summed E-state index contributed by atoms with van der Waals surface area (Å²) in [4.78, 5) is 11.3. The summed E-state index contributed by atoms with van der Waals surface area (Å²) < 4.78 is 5.59. The summed E-state index contributed by atoms with van der Waals surface area (Å²) in [6, 6.07) is 9.96. The van der Waals surface area contributed by atoms with Crippen molar-refractivity contribution in [2.45, 2.75) is 13.5 Å². The number of rotatable bonds is 4. The van der Waals surface area contributed by atoms with Crippen LogP contribution in [0.2, 0.25) is 0 Å². The zero-order chi connectivity index (χ0) is 11.4. The first-order valence-corrected chi connectivity index (χ1v) is 5.88. The van der Waals surface area contributed by atoms with Gasteiger partial charge in [-0.1, -0.05) is 29.8 Å². The van der Waals surface area contributed by atoms with E-state index >= 15 is 0 Å². The number of aryl methyl sites for hydroxylation is 1. The van der Waals surface area contributed by atoms with E-state index in [1.807, 2.05) is 36.6 Å². The van der Waals surface area contributed by atoms with Crippen LogP contribution in [0.4, 0.5) is 0 Å². The third kappa shape index (κ3) is 2.49. The van der Waals surface area contributed by atoms with Gasteiger partial charge in [0.25, 0.3) is 0 Å². The maximum absolute atomic E-state index is 10.7. The SMILES string of the molecule is Cc1cccc(COc2ccsc2C=O)c1. The summed E-state index contributed by atoms with van der Waals surface area (Å²) in [5, 5.41) is 1.86. The molecule has 0 bridgehead atoms. The Balaban J connectivity index is 2.05. The van der Waals surface area contributed by atoms with E-state index in [4.69, 9.17) is 4.74 Å². The number of aldehydes is 1. The van der Waals surface area contributed by atoms with Crippen molar-refractivity contribution in [2.75, 3.05) is 0 Å². The van der Waals surface area contributed by atoms with Crippen LogP contribution < -0.4 is 4.74 Å². The quantitative estimate of drug-likeness (QED) is 0.755. The van der Waals surface area contributed by atoms with Crippen LogP contribution in [-0.4, -0.2) is 6.29 Å². The van der Waals surface area contributed by atoms with Crippen molar-refractivity contribution in [3.63, 3.8) is 0 Å². The van der Waals surface area contributed by atoms with Crippen molar-refractivity contribution >= 4 is 17.6 Å². The molecule has 0 unspecified atom stereocenters. The van der Waals surface area contributed by atoms with Gasteiger partial charge in [-0.3, -0.25) is 4.79 Å². The van der Waals surface area contributed by atoms with Gasteiger partial charge in [-0.15, -0.1) is 11.3 Å². The molecule has 0 aliphatic carbocycles. The molecule has 3 heteroatoms. The zero-order valence-corrected chi connectivity index (χ0v) is 9.79. The first-order valence-electron chi connectivity index (χ1n) is 5.00. The first-order chi connectivity index (χ1) is 7.79. The average molecular weight is 232 g/mol. The molecule has 0 saturated heterocycles.